The molecule has 0 radical (unpaired) electrons. The van der Waals surface area contributed by atoms with E-state index in [9.17, 15) is 15.3 Å². The maximum Gasteiger partial charge on any atom is 0.111 e. The zero-order chi connectivity index (χ0) is 21.0. The summed E-state index contributed by atoms with van der Waals surface area (Å²) in [4.78, 5) is 1.58. The van der Waals surface area contributed by atoms with Gasteiger partial charge in [0.2, 0.25) is 0 Å². The van der Waals surface area contributed by atoms with Crippen LogP contribution in [-0.4, -0.2) is 38.9 Å². The molecule has 0 saturated carbocycles. The van der Waals surface area contributed by atoms with E-state index >= 15 is 0 Å². The van der Waals surface area contributed by atoms with Crippen LogP contribution in [0, 0.1) is 0 Å². The Balaban J connectivity index is 4.48. The van der Waals surface area contributed by atoms with Crippen LogP contribution in [0.1, 0.15) is 136 Å². The summed E-state index contributed by atoms with van der Waals surface area (Å²) < 4.78 is 0. The predicted molar refractivity (Wildman–Crippen MR) is 120 cm³/mol. The molecule has 3 N–H and O–H groups in total. The fourth-order valence-electron chi connectivity index (χ4n) is 3.83. The van der Waals surface area contributed by atoms with E-state index in [1.54, 1.807) is 4.90 Å². The van der Waals surface area contributed by atoms with Gasteiger partial charge in [-0.3, -0.25) is 0 Å². The van der Waals surface area contributed by atoms with Gasteiger partial charge in [-0.15, -0.1) is 0 Å². The highest BCUT2D eigenvalue weighted by atomic mass is 16.4. The molecule has 0 aliphatic carbocycles. The molecule has 0 rings (SSSR count). The molecule has 0 aromatic heterocycles. The first kappa shape index (κ1) is 27.8. The highest BCUT2D eigenvalue weighted by Gasteiger charge is 2.28. The zero-order valence-corrected chi connectivity index (χ0v) is 19.2. The Morgan fingerprint density at radius 2 is 0.679 bits per heavy atom. The largest absolute Gasteiger partial charge is 0.378 e. The number of hydrogen-bond acceptors (Lipinski definition) is 4. The first-order chi connectivity index (χ1) is 13.6. The average molecular weight is 402 g/mol. The van der Waals surface area contributed by atoms with E-state index in [0.29, 0.717) is 19.3 Å². The Bertz CT molecular complexity index is 267. The van der Waals surface area contributed by atoms with Crippen LogP contribution >= 0.6 is 0 Å². The molecular formula is C24H51NO3. The van der Waals surface area contributed by atoms with Crippen molar-refractivity contribution in [1.82, 2.24) is 4.90 Å². The van der Waals surface area contributed by atoms with Crippen LogP contribution in [0.25, 0.3) is 0 Å². The van der Waals surface area contributed by atoms with Crippen molar-refractivity contribution in [3.63, 3.8) is 0 Å². The van der Waals surface area contributed by atoms with Gasteiger partial charge in [-0.25, -0.2) is 4.90 Å². The van der Waals surface area contributed by atoms with Crippen LogP contribution in [-0.2, 0) is 0 Å². The van der Waals surface area contributed by atoms with Crippen molar-refractivity contribution in [2.45, 2.75) is 155 Å². The maximum absolute atomic E-state index is 10.7. The minimum absolute atomic E-state index is 0.628. The quantitative estimate of drug-likeness (QED) is 0.155. The highest BCUT2D eigenvalue weighted by molar-refractivity contribution is 4.70. The number of hydrogen-bond donors (Lipinski definition) is 3. The summed E-state index contributed by atoms with van der Waals surface area (Å²) in [6, 6.07) is 0. The molecule has 0 aromatic rings. The third-order valence-corrected chi connectivity index (χ3v) is 5.73. The molecule has 0 fully saturated rings. The molecule has 4 nitrogen and oxygen atoms in total. The summed E-state index contributed by atoms with van der Waals surface area (Å²) in [7, 11) is 0. The molecule has 0 heterocycles. The molecule has 3 unspecified atom stereocenters. The minimum atomic E-state index is -0.752. The lowest BCUT2D eigenvalue weighted by Gasteiger charge is -2.36. The Labute approximate surface area is 175 Å². The first-order valence-corrected chi connectivity index (χ1v) is 12.4. The van der Waals surface area contributed by atoms with Gasteiger partial charge in [0.1, 0.15) is 18.7 Å². The lowest BCUT2D eigenvalue weighted by atomic mass is 10.1. The zero-order valence-electron chi connectivity index (χ0n) is 19.2. The van der Waals surface area contributed by atoms with E-state index in [0.717, 1.165) is 38.5 Å². The lowest BCUT2D eigenvalue weighted by molar-refractivity contribution is -0.185. The number of rotatable bonds is 21. The molecule has 3 atom stereocenters. The summed E-state index contributed by atoms with van der Waals surface area (Å²) in [5.74, 6) is 0. The summed E-state index contributed by atoms with van der Waals surface area (Å²) in [6.45, 7) is 6.60. The van der Waals surface area contributed by atoms with Crippen LogP contribution in [0.15, 0.2) is 0 Å². The molecular weight excluding hydrogens is 350 g/mol. The molecule has 170 valence electrons. The van der Waals surface area contributed by atoms with Crippen molar-refractivity contribution in [2.75, 3.05) is 0 Å². The second-order valence-corrected chi connectivity index (χ2v) is 8.50. The highest BCUT2D eigenvalue weighted by Crippen LogP contribution is 2.21. The second kappa shape index (κ2) is 20.1. The molecule has 4 heteroatoms. The van der Waals surface area contributed by atoms with Crippen LogP contribution in [0.3, 0.4) is 0 Å². The van der Waals surface area contributed by atoms with E-state index < -0.39 is 18.7 Å². The van der Waals surface area contributed by atoms with Crippen molar-refractivity contribution in [3.8, 4) is 0 Å². The maximum atomic E-state index is 10.7. The van der Waals surface area contributed by atoms with Gasteiger partial charge >= 0.3 is 0 Å². The van der Waals surface area contributed by atoms with Crippen LogP contribution < -0.4 is 0 Å². The van der Waals surface area contributed by atoms with Crippen molar-refractivity contribution in [3.05, 3.63) is 0 Å². The van der Waals surface area contributed by atoms with Gasteiger partial charge in [0, 0.05) is 0 Å². The van der Waals surface area contributed by atoms with E-state index in [1.807, 2.05) is 0 Å². The average Bonchev–Trinajstić information content (AvgIpc) is 2.67. The van der Waals surface area contributed by atoms with Crippen LogP contribution in [0.2, 0.25) is 0 Å². The number of aliphatic hydroxyl groups excluding tert-OH is 3. The van der Waals surface area contributed by atoms with Gasteiger partial charge in [-0.2, -0.15) is 0 Å². The Hall–Kier alpha value is -0.160. The smallest absolute Gasteiger partial charge is 0.111 e. The monoisotopic (exact) mass is 401 g/mol. The fourth-order valence-corrected chi connectivity index (χ4v) is 3.83. The van der Waals surface area contributed by atoms with E-state index in [1.165, 1.54) is 57.8 Å². The summed E-state index contributed by atoms with van der Waals surface area (Å²) in [5, 5.41) is 32.1. The second-order valence-electron chi connectivity index (χ2n) is 8.50. The van der Waals surface area contributed by atoms with Crippen LogP contribution in [0.5, 0.6) is 0 Å². The van der Waals surface area contributed by atoms with Crippen molar-refractivity contribution < 1.29 is 15.3 Å². The molecule has 0 aromatic carbocycles. The number of unbranched alkanes of at least 4 members (excludes halogenated alkanes) is 12. The molecule has 0 bridgehead atoms. The third-order valence-electron chi connectivity index (χ3n) is 5.73. The van der Waals surface area contributed by atoms with E-state index in [4.69, 9.17) is 0 Å². The molecule has 0 aliphatic rings. The number of nitrogens with zero attached hydrogens (tertiary/aromatic N) is 1. The van der Waals surface area contributed by atoms with Gasteiger partial charge < -0.3 is 15.3 Å². The Morgan fingerprint density at radius 1 is 0.429 bits per heavy atom. The molecule has 0 saturated heterocycles. The SMILES string of the molecule is CCCCCCCC(O)N(C(O)CCCCCCC)C(O)CCCCCCC. The third kappa shape index (κ3) is 14.8. The first-order valence-electron chi connectivity index (χ1n) is 12.4. The van der Waals surface area contributed by atoms with Gasteiger partial charge in [-0.05, 0) is 38.5 Å². The van der Waals surface area contributed by atoms with Crippen LogP contribution in [0.4, 0.5) is 0 Å². The molecule has 0 spiro atoms. The standard InChI is InChI=1S/C24H51NO3/c1-4-7-10-13-16-19-22(26)25(23(27)20-17-14-11-8-5-2)24(28)21-18-15-12-9-6-3/h22-24,26-28H,4-21H2,1-3H3. The van der Waals surface area contributed by atoms with Gasteiger partial charge in [0.25, 0.3) is 0 Å². The Morgan fingerprint density at radius 3 is 0.929 bits per heavy atom. The summed E-state index contributed by atoms with van der Waals surface area (Å²) >= 11 is 0. The van der Waals surface area contributed by atoms with Gasteiger partial charge in [0.05, 0.1) is 0 Å². The normalized spacial score (nSPS) is 15.1. The van der Waals surface area contributed by atoms with Crippen molar-refractivity contribution in [1.29, 1.82) is 0 Å². The topological polar surface area (TPSA) is 63.9 Å². The summed E-state index contributed by atoms with van der Waals surface area (Å²) in [6.07, 6.45) is 16.7. The van der Waals surface area contributed by atoms with Crippen molar-refractivity contribution in [2.24, 2.45) is 0 Å². The molecule has 0 aliphatic heterocycles. The lowest BCUT2D eigenvalue weighted by Crippen LogP contribution is -2.49. The Kier molecular flexibility index (Phi) is 20.0. The summed E-state index contributed by atoms with van der Waals surface area (Å²) in [5.41, 5.74) is 0. The number of aliphatic hydroxyl groups is 3. The molecule has 0 amide bonds. The minimum Gasteiger partial charge on any atom is -0.378 e. The van der Waals surface area contributed by atoms with E-state index in [-0.39, 0.29) is 0 Å². The van der Waals surface area contributed by atoms with Crippen molar-refractivity contribution >= 4 is 0 Å². The van der Waals surface area contributed by atoms with Gasteiger partial charge in [-0.1, -0.05) is 97.8 Å². The van der Waals surface area contributed by atoms with Gasteiger partial charge in [0.15, 0.2) is 0 Å². The predicted octanol–water partition coefficient (Wildman–Crippen LogP) is 6.33. The fraction of sp³-hybridized carbons (Fsp3) is 1.00. The van der Waals surface area contributed by atoms with E-state index in [2.05, 4.69) is 20.8 Å². The molecule has 28 heavy (non-hydrogen) atoms.